The first-order chi connectivity index (χ1) is 13.8. The lowest BCUT2D eigenvalue weighted by atomic mass is 10.2. The van der Waals surface area contributed by atoms with Crippen LogP contribution in [0, 0.1) is 10.1 Å². The number of non-ortho nitro benzene ring substituents is 1. The number of anilines is 2. The minimum Gasteiger partial charge on any atom is -0.491 e. The van der Waals surface area contributed by atoms with Gasteiger partial charge in [0.15, 0.2) is 12.4 Å². The van der Waals surface area contributed by atoms with Crippen molar-refractivity contribution in [2.45, 2.75) is 6.92 Å². The fraction of sp³-hybridized carbons (Fsp3) is 0.222. The van der Waals surface area contributed by atoms with Gasteiger partial charge in [-0.05, 0) is 41.1 Å². The van der Waals surface area contributed by atoms with Crippen LogP contribution in [0.3, 0.4) is 0 Å². The Hall–Kier alpha value is -2.85. The number of ether oxygens (including phenoxy) is 2. The molecule has 0 radical (unpaired) electrons. The van der Waals surface area contributed by atoms with E-state index < -0.39 is 16.7 Å². The van der Waals surface area contributed by atoms with Crippen LogP contribution < -0.4 is 19.7 Å². The van der Waals surface area contributed by atoms with Crippen molar-refractivity contribution >= 4 is 56.4 Å². The van der Waals surface area contributed by atoms with Crippen LogP contribution >= 0.6 is 27.5 Å². The summed E-state index contributed by atoms with van der Waals surface area (Å²) in [6, 6.07) is 7.01. The number of nitro groups is 1. The third-order valence-corrected chi connectivity index (χ3v) is 4.78. The lowest BCUT2D eigenvalue weighted by Gasteiger charge is -2.28. The van der Waals surface area contributed by atoms with Crippen LogP contribution in [0.5, 0.6) is 11.5 Å². The molecule has 0 spiro atoms. The van der Waals surface area contributed by atoms with Crippen molar-refractivity contribution in [1.29, 1.82) is 0 Å². The third kappa shape index (κ3) is 4.60. The quantitative estimate of drug-likeness (QED) is 0.493. The van der Waals surface area contributed by atoms with Gasteiger partial charge in [-0.25, -0.2) is 0 Å². The van der Waals surface area contributed by atoms with Crippen molar-refractivity contribution in [2.24, 2.45) is 0 Å². The van der Waals surface area contributed by atoms with Gasteiger partial charge in [-0.1, -0.05) is 11.6 Å². The normalized spacial score (nSPS) is 12.8. The van der Waals surface area contributed by atoms with Crippen LogP contribution in [0.4, 0.5) is 17.1 Å². The number of hydrogen-bond acceptors (Lipinski definition) is 6. The second-order valence-corrected chi connectivity index (χ2v) is 7.21. The molecule has 1 heterocycles. The summed E-state index contributed by atoms with van der Waals surface area (Å²) in [5, 5.41) is 14.1. The smallest absolute Gasteiger partial charge is 0.271 e. The zero-order chi connectivity index (χ0) is 21.1. The summed E-state index contributed by atoms with van der Waals surface area (Å²) in [6.07, 6.45) is 0. The lowest BCUT2D eigenvalue weighted by Crippen LogP contribution is -2.43. The van der Waals surface area contributed by atoms with Gasteiger partial charge in [0.05, 0.1) is 27.4 Å². The van der Waals surface area contributed by atoms with Crippen molar-refractivity contribution in [3.63, 3.8) is 0 Å². The number of fused-ring (bicyclic) bond motifs is 1. The minimum absolute atomic E-state index is 0.155. The standard InChI is InChI=1S/C18H15BrClN3O6/c1-2-28-18-12(19)5-10(20)6-13(18)21-16(24)8-22-14-7-11(23(26)27)3-4-15(14)29-9-17(22)25/h3-7H,2,8-9H2,1H3,(H,21,24). The first kappa shape index (κ1) is 20.9. The highest BCUT2D eigenvalue weighted by molar-refractivity contribution is 9.10. The fourth-order valence-electron chi connectivity index (χ4n) is 2.76. The molecule has 0 bridgehead atoms. The van der Waals surface area contributed by atoms with E-state index in [4.69, 9.17) is 21.1 Å². The average molecular weight is 485 g/mol. The first-order valence-electron chi connectivity index (χ1n) is 8.43. The zero-order valence-corrected chi connectivity index (χ0v) is 17.4. The van der Waals surface area contributed by atoms with Gasteiger partial charge in [-0.15, -0.1) is 0 Å². The molecule has 9 nitrogen and oxygen atoms in total. The Morgan fingerprint density at radius 2 is 2.17 bits per heavy atom. The molecule has 11 heteroatoms. The number of nitrogens with zero attached hydrogens (tertiary/aromatic N) is 2. The molecular weight excluding hydrogens is 470 g/mol. The molecule has 1 aliphatic rings. The number of nitrogens with one attached hydrogen (secondary N) is 1. The van der Waals surface area contributed by atoms with Gasteiger partial charge in [0, 0.05) is 17.2 Å². The van der Waals surface area contributed by atoms with Crippen LogP contribution in [0.15, 0.2) is 34.8 Å². The van der Waals surface area contributed by atoms with E-state index in [9.17, 15) is 19.7 Å². The molecule has 0 aromatic heterocycles. The first-order valence-corrected chi connectivity index (χ1v) is 9.60. The van der Waals surface area contributed by atoms with Crippen molar-refractivity contribution in [2.75, 3.05) is 30.0 Å². The van der Waals surface area contributed by atoms with Crippen molar-refractivity contribution in [3.8, 4) is 11.5 Å². The highest BCUT2D eigenvalue weighted by Crippen LogP contribution is 2.37. The molecule has 0 unspecified atom stereocenters. The molecule has 1 N–H and O–H groups in total. The number of nitro benzene ring substituents is 1. The van der Waals surface area contributed by atoms with E-state index >= 15 is 0 Å². The van der Waals surface area contributed by atoms with Gasteiger partial charge in [0.1, 0.15) is 12.3 Å². The van der Waals surface area contributed by atoms with Gasteiger partial charge >= 0.3 is 0 Å². The number of carbonyl (C=O) groups excluding carboxylic acids is 2. The second-order valence-electron chi connectivity index (χ2n) is 5.92. The Labute approximate surface area is 178 Å². The minimum atomic E-state index is -0.588. The van der Waals surface area contributed by atoms with E-state index in [1.165, 1.54) is 24.3 Å². The molecule has 1 aliphatic heterocycles. The molecule has 0 saturated carbocycles. The third-order valence-electron chi connectivity index (χ3n) is 3.97. The fourth-order valence-corrected chi connectivity index (χ4v) is 3.68. The predicted octanol–water partition coefficient (Wildman–Crippen LogP) is 3.77. The zero-order valence-electron chi connectivity index (χ0n) is 15.1. The van der Waals surface area contributed by atoms with E-state index in [2.05, 4.69) is 21.2 Å². The summed E-state index contributed by atoms with van der Waals surface area (Å²) < 4.78 is 11.4. The number of amides is 2. The van der Waals surface area contributed by atoms with Crippen LogP contribution in [-0.2, 0) is 9.59 Å². The molecule has 0 fully saturated rings. The topological polar surface area (TPSA) is 111 Å². The monoisotopic (exact) mass is 483 g/mol. The molecule has 2 amide bonds. The number of benzene rings is 2. The number of halogens is 2. The van der Waals surface area contributed by atoms with Crippen molar-refractivity contribution < 1.29 is 24.0 Å². The van der Waals surface area contributed by atoms with Gasteiger partial charge in [0.2, 0.25) is 5.91 Å². The summed E-state index contributed by atoms with van der Waals surface area (Å²) in [6.45, 7) is 1.52. The molecule has 3 rings (SSSR count). The number of hydrogen-bond donors (Lipinski definition) is 1. The van der Waals surface area contributed by atoms with Crippen LogP contribution in [0.25, 0.3) is 0 Å². The largest absolute Gasteiger partial charge is 0.491 e. The summed E-state index contributed by atoms with van der Waals surface area (Å²) in [5.41, 5.74) is 0.268. The van der Waals surface area contributed by atoms with Crippen LogP contribution in [-0.4, -0.2) is 36.5 Å². The second kappa shape index (κ2) is 8.66. The number of carbonyl (C=O) groups is 2. The lowest BCUT2D eigenvalue weighted by molar-refractivity contribution is -0.384. The maximum Gasteiger partial charge on any atom is 0.271 e. The van der Waals surface area contributed by atoms with E-state index in [0.29, 0.717) is 27.5 Å². The van der Waals surface area contributed by atoms with Gasteiger partial charge in [-0.2, -0.15) is 0 Å². The SMILES string of the molecule is CCOc1c(Br)cc(Cl)cc1NC(=O)CN1C(=O)COc2ccc([N+](=O)[O-])cc21. The molecule has 152 valence electrons. The molecule has 0 aliphatic carbocycles. The van der Waals surface area contributed by atoms with E-state index in [1.807, 2.05) is 0 Å². The molecule has 2 aromatic rings. The summed E-state index contributed by atoms with van der Waals surface area (Å²) in [5.74, 6) is -0.351. The number of rotatable bonds is 6. The highest BCUT2D eigenvalue weighted by Gasteiger charge is 2.29. The van der Waals surface area contributed by atoms with Gasteiger partial charge in [-0.3, -0.25) is 24.6 Å². The summed E-state index contributed by atoms with van der Waals surface area (Å²) in [4.78, 5) is 36.5. The Morgan fingerprint density at radius 1 is 1.41 bits per heavy atom. The maximum absolute atomic E-state index is 12.6. The van der Waals surface area contributed by atoms with Gasteiger partial charge in [0.25, 0.3) is 11.6 Å². The van der Waals surface area contributed by atoms with Crippen molar-refractivity contribution in [3.05, 3.63) is 49.9 Å². The Balaban J connectivity index is 1.86. The van der Waals surface area contributed by atoms with Gasteiger partial charge < -0.3 is 14.8 Å². The van der Waals surface area contributed by atoms with E-state index in [0.717, 1.165) is 4.90 Å². The maximum atomic E-state index is 12.6. The van der Waals surface area contributed by atoms with Crippen molar-refractivity contribution in [1.82, 2.24) is 0 Å². The molecular formula is C18H15BrClN3O6. The molecule has 29 heavy (non-hydrogen) atoms. The molecule has 0 atom stereocenters. The molecule has 0 saturated heterocycles. The Kier molecular flexibility index (Phi) is 6.23. The average Bonchev–Trinajstić information content (AvgIpc) is 2.66. The highest BCUT2D eigenvalue weighted by atomic mass is 79.9. The molecule has 2 aromatic carbocycles. The van der Waals surface area contributed by atoms with Crippen LogP contribution in [0.2, 0.25) is 5.02 Å². The van der Waals surface area contributed by atoms with Crippen LogP contribution in [0.1, 0.15) is 6.92 Å². The Bertz CT molecular complexity index is 1000. The summed E-state index contributed by atoms with van der Waals surface area (Å²) >= 11 is 9.39. The van der Waals surface area contributed by atoms with E-state index in [-0.39, 0.29) is 30.3 Å². The summed E-state index contributed by atoms with van der Waals surface area (Å²) in [7, 11) is 0. The predicted molar refractivity (Wildman–Crippen MR) is 110 cm³/mol. The van der Waals surface area contributed by atoms with E-state index in [1.54, 1.807) is 13.0 Å². The Morgan fingerprint density at radius 3 is 2.86 bits per heavy atom.